The SMILES string of the molecule is O=C1CCCc2c1c(Sc1ccccc1)c(-c1ccccc1)n2-c1ccc(Br)cc1. The molecule has 5 rings (SSSR count). The highest BCUT2D eigenvalue weighted by Crippen LogP contribution is 2.45. The Morgan fingerprint density at radius 2 is 1.47 bits per heavy atom. The number of hydrogen-bond donors (Lipinski definition) is 0. The van der Waals surface area contributed by atoms with Crippen molar-refractivity contribution < 1.29 is 4.79 Å². The summed E-state index contributed by atoms with van der Waals surface area (Å²) in [5.74, 6) is 0.253. The highest BCUT2D eigenvalue weighted by molar-refractivity contribution is 9.10. The van der Waals surface area contributed by atoms with Crippen molar-refractivity contribution in [2.24, 2.45) is 0 Å². The molecule has 0 unspecified atom stereocenters. The second-order valence-electron chi connectivity index (χ2n) is 7.37. The van der Waals surface area contributed by atoms with E-state index in [4.69, 9.17) is 0 Å². The first-order valence-electron chi connectivity index (χ1n) is 10.1. The Kier molecular flexibility index (Phi) is 5.36. The van der Waals surface area contributed by atoms with Crippen LogP contribution >= 0.6 is 27.7 Å². The van der Waals surface area contributed by atoms with Crippen LogP contribution < -0.4 is 0 Å². The fourth-order valence-electron chi connectivity index (χ4n) is 4.10. The fourth-order valence-corrected chi connectivity index (χ4v) is 5.53. The van der Waals surface area contributed by atoms with Crippen molar-refractivity contribution in [3.63, 3.8) is 0 Å². The first-order valence-corrected chi connectivity index (χ1v) is 11.7. The zero-order valence-electron chi connectivity index (χ0n) is 16.3. The maximum Gasteiger partial charge on any atom is 0.165 e. The number of nitrogens with zero attached hydrogens (tertiary/aromatic N) is 1. The number of rotatable bonds is 4. The van der Waals surface area contributed by atoms with Crippen molar-refractivity contribution >= 4 is 33.5 Å². The lowest BCUT2D eigenvalue weighted by atomic mass is 9.96. The lowest BCUT2D eigenvalue weighted by Crippen LogP contribution is -2.13. The first kappa shape index (κ1) is 19.4. The smallest absolute Gasteiger partial charge is 0.165 e. The number of hydrogen-bond acceptors (Lipinski definition) is 2. The van der Waals surface area contributed by atoms with E-state index in [2.05, 4.69) is 81.2 Å². The van der Waals surface area contributed by atoms with Crippen molar-refractivity contribution in [3.8, 4) is 16.9 Å². The van der Waals surface area contributed by atoms with Gasteiger partial charge in [0.2, 0.25) is 0 Å². The van der Waals surface area contributed by atoms with Gasteiger partial charge in [-0.2, -0.15) is 0 Å². The van der Waals surface area contributed by atoms with E-state index in [9.17, 15) is 4.79 Å². The number of ketones is 1. The minimum absolute atomic E-state index is 0.253. The van der Waals surface area contributed by atoms with Gasteiger partial charge in [-0.05, 0) is 54.8 Å². The number of halogens is 1. The van der Waals surface area contributed by atoms with E-state index in [1.165, 1.54) is 0 Å². The van der Waals surface area contributed by atoms with Gasteiger partial charge in [-0.3, -0.25) is 4.79 Å². The van der Waals surface area contributed by atoms with Crippen LogP contribution in [0, 0.1) is 0 Å². The monoisotopic (exact) mass is 473 g/mol. The molecule has 4 aromatic rings. The largest absolute Gasteiger partial charge is 0.312 e. The third-order valence-corrected chi connectivity index (χ3v) is 7.05. The molecular formula is C26H20BrNOS. The average Bonchev–Trinajstić information content (AvgIpc) is 3.11. The molecule has 1 aliphatic carbocycles. The normalized spacial score (nSPS) is 13.3. The van der Waals surface area contributed by atoms with Crippen LogP contribution in [0.5, 0.6) is 0 Å². The van der Waals surface area contributed by atoms with Crippen LogP contribution in [0.3, 0.4) is 0 Å². The van der Waals surface area contributed by atoms with Crippen molar-refractivity contribution in [3.05, 3.63) is 101 Å². The molecule has 0 amide bonds. The van der Waals surface area contributed by atoms with Crippen molar-refractivity contribution in [2.75, 3.05) is 0 Å². The summed E-state index contributed by atoms with van der Waals surface area (Å²) >= 11 is 5.24. The Hall–Kier alpha value is -2.56. The van der Waals surface area contributed by atoms with Gasteiger partial charge in [0.1, 0.15) is 0 Å². The summed E-state index contributed by atoms with van der Waals surface area (Å²) in [5, 5.41) is 0. The Balaban J connectivity index is 1.82. The average molecular weight is 474 g/mol. The summed E-state index contributed by atoms with van der Waals surface area (Å²) in [6.07, 6.45) is 2.43. The second kappa shape index (κ2) is 8.29. The molecule has 0 fully saturated rings. The Labute approximate surface area is 189 Å². The van der Waals surface area contributed by atoms with Crippen LogP contribution in [0.25, 0.3) is 16.9 Å². The predicted molar refractivity (Wildman–Crippen MR) is 127 cm³/mol. The topological polar surface area (TPSA) is 22.0 Å². The third-order valence-electron chi connectivity index (χ3n) is 5.42. The summed E-state index contributed by atoms with van der Waals surface area (Å²) in [7, 11) is 0. The summed E-state index contributed by atoms with van der Waals surface area (Å²) < 4.78 is 3.35. The van der Waals surface area contributed by atoms with E-state index < -0.39 is 0 Å². The molecule has 1 aliphatic rings. The summed E-state index contributed by atoms with van der Waals surface area (Å²) in [5.41, 5.74) is 5.35. The number of carbonyl (C=O) groups is 1. The molecule has 1 heterocycles. The quantitative estimate of drug-likeness (QED) is 0.304. The molecule has 0 N–H and O–H groups in total. The van der Waals surface area contributed by atoms with Gasteiger partial charge in [0, 0.05) is 32.1 Å². The highest BCUT2D eigenvalue weighted by atomic mass is 79.9. The van der Waals surface area contributed by atoms with Gasteiger partial charge >= 0.3 is 0 Å². The van der Waals surface area contributed by atoms with Gasteiger partial charge in [0.25, 0.3) is 0 Å². The Morgan fingerprint density at radius 1 is 0.800 bits per heavy atom. The lowest BCUT2D eigenvalue weighted by molar-refractivity contribution is 0.0969. The maximum atomic E-state index is 13.1. The number of aromatic nitrogens is 1. The van der Waals surface area contributed by atoms with E-state index in [1.54, 1.807) is 11.8 Å². The first-order chi connectivity index (χ1) is 14.7. The maximum absolute atomic E-state index is 13.1. The van der Waals surface area contributed by atoms with Gasteiger partial charge < -0.3 is 4.57 Å². The molecular weight excluding hydrogens is 454 g/mol. The van der Waals surface area contributed by atoms with Crippen LogP contribution in [0.15, 0.2) is 99.2 Å². The van der Waals surface area contributed by atoms with Gasteiger partial charge in [-0.1, -0.05) is 76.2 Å². The molecule has 0 bridgehead atoms. The molecule has 2 nitrogen and oxygen atoms in total. The zero-order chi connectivity index (χ0) is 20.5. The van der Waals surface area contributed by atoms with Crippen LogP contribution in [-0.4, -0.2) is 10.4 Å². The van der Waals surface area contributed by atoms with Gasteiger partial charge in [-0.25, -0.2) is 0 Å². The standard InChI is InChI=1S/C26H20BrNOS/c27-19-14-16-20(17-15-19)28-22-12-7-13-23(29)24(22)26(30-21-10-5-2-6-11-21)25(28)18-8-3-1-4-9-18/h1-6,8-11,14-17H,7,12-13H2. The van der Waals surface area contributed by atoms with E-state index in [1.807, 2.05) is 24.3 Å². The number of fused-ring (bicyclic) bond motifs is 1. The van der Waals surface area contributed by atoms with Gasteiger partial charge in [0.05, 0.1) is 11.3 Å². The fraction of sp³-hybridized carbons (Fsp3) is 0.115. The number of benzene rings is 3. The molecule has 0 spiro atoms. The molecule has 30 heavy (non-hydrogen) atoms. The highest BCUT2D eigenvalue weighted by Gasteiger charge is 2.31. The van der Waals surface area contributed by atoms with Crippen LogP contribution in [0.2, 0.25) is 0 Å². The lowest BCUT2D eigenvalue weighted by Gasteiger charge is -2.17. The molecule has 4 heteroatoms. The Bertz CT molecular complexity index is 1200. The molecule has 0 saturated carbocycles. The predicted octanol–water partition coefficient (Wildman–Crippen LogP) is 7.58. The molecule has 0 radical (unpaired) electrons. The molecule has 0 saturated heterocycles. The summed E-state index contributed by atoms with van der Waals surface area (Å²) in [4.78, 5) is 15.4. The zero-order valence-corrected chi connectivity index (χ0v) is 18.7. The summed E-state index contributed by atoms with van der Waals surface area (Å²) in [6.45, 7) is 0. The van der Waals surface area contributed by atoms with Crippen LogP contribution in [-0.2, 0) is 6.42 Å². The molecule has 0 atom stereocenters. The van der Waals surface area contributed by atoms with Crippen molar-refractivity contribution in [1.82, 2.24) is 4.57 Å². The van der Waals surface area contributed by atoms with E-state index >= 15 is 0 Å². The van der Waals surface area contributed by atoms with Gasteiger partial charge in [0.15, 0.2) is 5.78 Å². The minimum atomic E-state index is 0.253. The third kappa shape index (κ3) is 3.55. The second-order valence-corrected chi connectivity index (χ2v) is 9.37. The molecule has 148 valence electrons. The van der Waals surface area contributed by atoms with Crippen molar-refractivity contribution in [2.45, 2.75) is 29.1 Å². The van der Waals surface area contributed by atoms with Crippen LogP contribution in [0.1, 0.15) is 28.9 Å². The van der Waals surface area contributed by atoms with E-state index in [-0.39, 0.29) is 5.78 Å². The molecule has 0 aliphatic heterocycles. The molecule has 1 aromatic heterocycles. The van der Waals surface area contributed by atoms with Crippen LogP contribution in [0.4, 0.5) is 0 Å². The van der Waals surface area contributed by atoms with Crippen molar-refractivity contribution in [1.29, 1.82) is 0 Å². The van der Waals surface area contributed by atoms with E-state index in [0.717, 1.165) is 55.3 Å². The number of carbonyl (C=O) groups excluding carboxylic acids is 1. The van der Waals surface area contributed by atoms with E-state index in [0.29, 0.717) is 6.42 Å². The Morgan fingerprint density at radius 3 is 2.17 bits per heavy atom. The molecule has 3 aromatic carbocycles. The minimum Gasteiger partial charge on any atom is -0.312 e. The van der Waals surface area contributed by atoms with Gasteiger partial charge in [-0.15, -0.1) is 0 Å². The number of Topliss-reactive ketones (excluding diaryl/α,β-unsaturated/α-hetero) is 1. The summed E-state index contributed by atoms with van der Waals surface area (Å²) in [6, 6.07) is 29.1.